The lowest BCUT2D eigenvalue weighted by molar-refractivity contribution is 0.269. The van der Waals surface area contributed by atoms with Gasteiger partial charge in [0.25, 0.3) is 10.5 Å². The fraction of sp³-hybridized carbons (Fsp3) is 0. The summed E-state index contributed by atoms with van der Waals surface area (Å²) in [6.45, 7) is 0. The molecule has 0 saturated carbocycles. The Morgan fingerprint density at radius 2 is 1.90 bits per heavy atom. The second kappa shape index (κ2) is 5.56. The van der Waals surface area contributed by atoms with Crippen LogP contribution in [0.15, 0.2) is 58.2 Å². The van der Waals surface area contributed by atoms with Crippen LogP contribution in [0, 0.1) is 0 Å². The van der Waals surface area contributed by atoms with Crippen molar-refractivity contribution in [1.82, 2.24) is 4.98 Å². The Morgan fingerprint density at radius 3 is 2.65 bits per heavy atom. The number of hydrogen-bond donors (Lipinski definition) is 1. The highest BCUT2D eigenvalue weighted by Crippen LogP contribution is 2.25. The molecule has 1 aromatic heterocycles. The normalized spacial score (nSPS) is 10.7. The van der Waals surface area contributed by atoms with E-state index in [1.807, 2.05) is 24.3 Å². The molecule has 0 unspecified atom stereocenters. The fourth-order valence-corrected chi connectivity index (χ4v) is 2.38. The van der Waals surface area contributed by atoms with Crippen molar-refractivity contribution in [3.05, 3.63) is 53.6 Å². The molecular weight excluding hydrogens is 296 g/mol. The minimum Gasteiger partial charge on any atom is -0.431 e. The summed E-state index contributed by atoms with van der Waals surface area (Å²) in [7, 11) is 0. The first-order valence-corrected chi connectivity index (χ1v) is 7.00. The SMILES string of the molecule is O=C(Nc1ccc(Cl)cc1)Sc1nc2ccccc2o1. The lowest BCUT2D eigenvalue weighted by Crippen LogP contribution is -2.04. The summed E-state index contributed by atoms with van der Waals surface area (Å²) >= 11 is 6.69. The maximum atomic E-state index is 11.9. The van der Waals surface area contributed by atoms with Crippen molar-refractivity contribution in [2.45, 2.75) is 5.22 Å². The molecule has 0 spiro atoms. The summed E-state index contributed by atoms with van der Waals surface area (Å²) in [5.74, 6) is 0. The van der Waals surface area contributed by atoms with Gasteiger partial charge in [-0.3, -0.25) is 4.79 Å². The molecule has 0 atom stereocenters. The van der Waals surface area contributed by atoms with Gasteiger partial charge in [0.2, 0.25) is 0 Å². The van der Waals surface area contributed by atoms with Crippen molar-refractivity contribution in [2.75, 3.05) is 5.32 Å². The van der Waals surface area contributed by atoms with Crippen LogP contribution in [0.4, 0.5) is 10.5 Å². The number of aromatic nitrogens is 1. The number of rotatable bonds is 2. The number of nitrogens with zero attached hydrogens (tertiary/aromatic N) is 1. The summed E-state index contributed by atoms with van der Waals surface area (Å²) in [5, 5.41) is 3.40. The molecule has 0 aliphatic carbocycles. The van der Waals surface area contributed by atoms with Crippen molar-refractivity contribution in [2.24, 2.45) is 0 Å². The number of oxazole rings is 1. The molecule has 3 rings (SSSR count). The van der Waals surface area contributed by atoms with Crippen LogP contribution in [0.1, 0.15) is 0 Å². The summed E-state index contributed by atoms with van der Waals surface area (Å²) in [6, 6.07) is 14.2. The van der Waals surface area contributed by atoms with Gasteiger partial charge in [-0.15, -0.1) is 0 Å². The van der Waals surface area contributed by atoms with Gasteiger partial charge in [-0.1, -0.05) is 23.7 Å². The third-order valence-electron chi connectivity index (χ3n) is 2.54. The first-order chi connectivity index (χ1) is 9.70. The summed E-state index contributed by atoms with van der Waals surface area (Å²) in [4.78, 5) is 16.1. The van der Waals surface area contributed by atoms with Crippen LogP contribution in [0.25, 0.3) is 11.1 Å². The van der Waals surface area contributed by atoms with Crippen molar-refractivity contribution in [1.29, 1.82) is 0 Å². The zero-order valence-corrected chi connectivity index (χ0v) is 11.7. The van der Waals surface area contributed by atoms with E-state index in [-0.39, 0.29) is 5.24 Å². The number of carbonyl (C=O) groups is 1. The molecule has 0 radical (unpaired) electrons. The van der Waals surface area contributed by atoms with Gasteiger partial charge >= 0.3 is 0 Å². The van der Waals surface area contributed by atoms with Crippen LogP contribution in [0.2, 0.25) is 5.02 Å². The number of fused-ring (bicyclic) bond motifs is 1. The highest BCUT2D eigenvalue weighted by Gasteiger charge is 2.11. The number of nitrogens with one attached hydrogen (secondary N) is 1. The Labute approximate surface area is 124 Å². The maximum Gasteiger partial charge on any atom is 0.292 e. The number of para-hydroxylation sites is 2. The Kier molecular flexibility index (Phi) is 3.62. The standard InChI is InChI=1S/C14H9ClN2O2S/c15-9-5-7-10(8-6-9)16-13(18)20-14-17-11-3-1-2-4-12(11)19-14/h1-8H,(H,16,18). The second-order valence-electron chi connectivity index (χ2n) is 3.97. The van der Waals surface area contributed by atoms with E-state index in [0.717, 1.165) is 17.3 Å². The van der Waals surface area contributed by atoms with Gasteiger partial charge in [0.15, 0.2) is 5.58 Å². The minimum absolute atomic E-state index is 0.265. The number of hydrogen-bond acceptors (Lipinski definition) is 4. The molecular formula is C14H9ClN2O2S. The molecule has 1 N–H and O–H groups in total. The van der Waals surface area contributed by atoms with E-state index in [2.05, 4.69) is 10.3 Å². The molecule has 1 heterocycles. The number of anilines is 1. The van der Waals surface area contributed by atoms with Gasteiger partial charge in [0.1, 0.15) is 5.52 Å². The summed E-state index contributed by atoms with van der Waals surface area (Å²) in [5.41, 5.74) is 2.06. The van der Waals surface area contributed by atoms with E-state index in [1.165, 1.54) is 0 Å². The van der Waals surface area contributed by atoms with Gasteiger partial charge in [-0.05, 0) is 36.4 Å². The Balaban J connectivity index is 1.70. The van der Waals surface area contributed by atoms with Crippen molar-refractivity contribution < 1.29 is 9.21 Å². The van der Waals surface area contributed by atoms with Crippen molar-refractivity contribution in [3.63, 3.8) is 0 Å². The largest absolute Gasteiger partial charge is 0.431 e. The Hall–Kier alpha value is -1.98. The van der Waals surface area contributed by atoms with Crippen LogP contribution in [0.5, 0.6) is 0 Å². The third kappa shape index (κ3) is 2.95. The molecule has 0 saturated heterocycles. The van der Waals surface area contributed by atoms with Gasteiger partial charge in [-0.25, -0.2) is 4.98 Å². The van der Waals surface area contributed by atoms with Crippen molar-refractivity contribution in [3.8, 4) is 0 Å². The predicted octanol–water partition coefficient (Wildman–Crippen LogP) is 4.81. The second-order valence-corrected chi connectivity index (χ2v) is 5.33. The van der Waals surface area contributed by atoms with E-state index in [4.69, 9.17) is 16.0 Å². The van der Waals surface area contributed by atoms with Gasteiger partial charge in [-0.2, -0.15) is 0 Å². The van der Waals surface area contributed by atoms with Gasteiger partial charge in [0, 0.05) is 22.5 Å². The van der Waals surface area contributed by atoms with E-state index < -0.39 is 0 Å². The highest BCUT2D eigenvalue weighted by molar-refractivity contribution is 8.13. The average Bonchev–Trinajstić information content (AvgIpc) is 2.83. The quantitative estimate of drug-likeness (QED) is 0.691. The summed E-state index contributed by atoms with van der Waals surface area (Å²) < 4.78 is 5.47. The molecule has 1 amide bonds. The Morgan fingerprint density at radius 1 is 1.15 bits per heavy atom. The van der Waals surface area contributed by atoms with Gasteiger partial charge in [0.05, 0.1) is 0 Å². The smallest absolute Gasteiger partial charge is 0.292 e. The number of amides is 1. The first-order valence-electron chi connectivity index (χ1n) is 5.81. The zero-order chi connectivity index (χ0) is 13.9. The first kappa shape index (κ1) is 13.0. The molecule has 0 aliphatic heterocycles. The monoisotopic (exact) mass is 304 g/mol. The van der Waals surface area contributed by atoms with E-state index in [1.54, 1.807) is 24.3 Å². The van der Waals surface area contributed by atoms with E-state index in [0.29, 0.717) is 21.5 Å². The minimum atomic E-state index is -0.265. The van der Waals surface area contributed by atoms with Crippen molar-refractivity contribution >= 4 is 45.4 Å². The number of benzene rings is 2. The lowest BCUT2D eigenvalue weighted by atomic mass is 10.3. The van der Waals surface area contributed by atoms with Crippen LogP contribution < -0.4 is 5.32 Å². The topological polar surface area (TPSA) is 55.1 Å². The maximum absolute atomic E-state index is 11.9. The van der Waals surface area contributed by atoms with Crippen LogP contribution >= 0.6 is 23.4 Å². The highest BCUT2D eigenvalue weighted by atomic mass is 35.5. The molecule has 0 bridgehead atoms. The molecule has 6 heteroatoms. The number of thioether (sulfide) groups is 1. The number of halogens is 1. The molecule has 20 heavy (non-hydrogen) atoms. The molecule has 2 aromatic carbocycles. The van der Waals surface area contributed by atoms with E-state index in [9.17, 15) is 4.79 Å². The molecule has 100 valence electrons. The molecule has 3 aromatic rings. The van der Waals surface area contributed by atoms with Crippen LogP contribution in [-0.4, -0.2) is 10.2 Å². The van der Waals surface area contributed by atoms with E-state index >= 15 is 0 Å². The van der Waals surface area contributed by atoms with Crippen LogP contribution in [-0.2, 0) is 0 Å². The lowest BCUT2D eigenvalue weighted by Gasteiger charge is -2.02. The fourth-order valence-electron chi connectivity index (χ4n) is 1.65. The molecule has 4 nitrogen and oxygen atoms in total. The zero-order valence-electron chi connectivity index (χ0n) is 10.2. The predicted molar refractivity (Wildman–Crippen MR) is 80.3 cm³/mol. The summed E-state index contributed by atoms with van der Waals surface area (Å²) in [6.07, 6.45) is 0. The molecule has 0 fully saturated rings. The van der Waals surface area contributed by atoms with Crippen LogP contribution in [0.3, 0.4) is 0 Å². The number of carbonyl (C=O) groups excluding carboxylic acids is 1. The average molecular weight is 305 g/mol. The Bertz CT molecular complexity index is 722. The third-order valence-corrected chi connectivity index (χ3v) is 3.43. The van der Waals surface area contributed by atoms with Gasteiger partial charge < -0.3 is 9.73 Å². The molecule has 0 aliphatic rings.